The predicted molar refractivity (Wildman–Crippen MR) is 122 cm³/mol. The molecule has 10 nitrogen and oxygen atoms in total. The maximum absolute atomic E-state index is 12.7. The minimum atomic E-state index is -1.16. The molecule has 168 valence electrons. The Bertz CT molecular complexity index is 1090. The topological polar surface area (TPSA) is 134 Å². The number of benzene rings is 1. The van der Waals surface area contributed by atoms with E-state index < -0.39 is 29.3 Å². The van der Waals surface area contributed by atoms with Gasteiger partial charge >= 0.3 is 12.0 Å². The summed E-state index contributed by atoms with van der Waals surface area (Å²) in [7, 11) is 1.55. The molecule has 1 aromatic heterocycles. The van der Waals surface area contributed by atoms with Gasteiger partial charge < -0.3 is 20.5 Å². The summed E-state index contributed by atoms with van der Waals surface area (Å²) in [4.78, 5) is 38.3. The number of β-lactam (4-membered cyclic amide) rings is 1. The number of aryl methyl sites for hydroxylation is 1. The molecule has 2 aliphatic heterocycles. The number of urea groups is 1. The lowest BCUT2D eigenvalue weighted by atomic mass is 10.0. The highest BCUT2D eigenvalue weighted by Gasteiger charge is 2.54. The van der Waals surface area contributed by atoms with Crippen LogP contribution in [0.4, 0.5) is 10.5 Å². The van der Waals surface area contributed by atoms with Crippen molar-refractivity contribution in [2.24, 2.45) is 0 Å². The van der Waals surface area contributed by atoms with Crippen LogP contribution in [0.3, 0.4) is 0 Å². The highest BCUT2D eigenvalue weighted by atomic mass is 32.2. The Morgan fingerprint density at radius 3 is 2.69 bits per heavy atom. The second-order valence-corrected chi connectivity index (χ2v) is 10.4. The van der Waals surface area contributed by atoms with Crippen LogP contribution in [0.25, 0.3) is 0 Å². The molecule has 0 aliphatic carbocycles. The molecule has 4 rings (SSSR count). The van der Waals surface area contributed by atoms with E-state index >= 15 is 0 Å². The number of carbonyl (C=O) groups excluding carboxylic acids is 2. The summed E-state index contributed by atoms with van der Waals surface area (Å²) < 4.78 is 5.83. The van der Waals surface area contributed by atoms with Gasteiger partial charge in [-0.1, -0.05) is 23.1 Å². The zero-order chi connectivity index (χ0) is 22.8. The van der Waals surface area contributed by atoms with E-state index in [2.05, 4.69) is 20.8 Å². The molecule has 13 heteroatoms. The quantitative estimate of drug-likeness (QED) is 0.393. The molecule has 2 aromatic rings. The van der Waals surface area contributed by atoms with Crippen molar-refractivity contribution in [3.63, 3.8) is 0 Å². The molecular weight excluding hydrogens is 474 g/mol. The molecule has 0 bridgehead atoms. The lowest BCUT2D eigenvalue weighted by molar-refractivity contribution is -0.148. The zero-order valence-electron chi connectivity index (χ0n) is 17.0. The molecule has 1 saturated heterocycles. The summed E-state index contributed by atoms with van der Waals surface area (Å²) in [5, 5.41) is 23.4. The number of aromatic nitrogens is 2. The van der Waals surface area contributed by atoms with Gasteiger partial charge in [-0.2, -0.15) is 0 Å². The number of nitrogens with zero attached hydrogens (tertiary/aromatic N) is 3. The zero-order valence-corrected chi connectivity index (χ0v) is 19.5. The highest BCUT2D eigenvalue weighted by Crippen LogP contribution is 2.41. The summed E-state index contributed by atoms with van der Waals surface area (Å²) in [5.41, 5.74) is 1.17. The van der Waals surface area contributed by atoms with Gasteiger partial charge in [-0.05, 0) is 36.8 Å². The van der Waals surface area contributed by atoms with Gasteiger partial charge in [0.2, 0.25) is 0 Å². The van der Waals surface area contributed by atoms with E-state index in [-0.39, 0.29) is 5.70 Å². The van der Waals surface area contributed by atoms with Crippen LogP contribution in [-0.4, -0.2) is 68.1 Å². The average molecular weight is 494 g/mol. The third kappa shape index (κ3) is 4.54. The normalized spacial score (nSPS) is 19.8. The van der Waals surface area contributed by atoms with Crippen LogP contribution < -0.4 is 15.4 Å². The number of ether oxygens (including phenoxy) is 1. The number of fused-ring (bicyclic) bond motifs is 1. The molecule has 1 fully saturated rings. The molecule has 2 atom stereocenters. The smallest absolute Gasteiger partial charge is 0.352 e. The maximum Gasteiger partial charge on any atom is 0.352 e. The van der Waals surface area contributed by atoms with E-state index in [4.69, 9.17) is 4.74 Å². The first-order chi connectivity index (χ1) is 15.4. The number of aliphatic carboxylic acids is 1. The summed E-state index contributed by atoms with van der Waals surface area (Å²) >= 11 is 4.26. The van der Waals surface area contributed by atoms with Crippen LogP contribution in [0.15, 0.2) is 39.9 Å². The number of rotatable bonds is 7. The molecule has 1 aromatic carbocycles. The fraction of sp³-hybridized carbons (Fsp3) is 0.316. The van der Waals surface area contributed by atoms with Gasteiger partial charge in [0.15, 0.2) is 4.34 Å². The summed E-state index contributed by atoms with van der Waals surface area (Å²) in [6, 6.07) is 5.43. The average Bonchev–Trinajstić information content (AvgIpc) is 3.20. The van der Waals surface area contributed by atoms with Crippen LogP contribution in [0.5, 0.6) is 5.75 Å². The number of carboxylic acid groups (broad SMARTS) is 1. The van der Waals surface area contributed by atoms with Gasteiger partial charge in [0.25, 0.3) is 5.91 Å². The van der Waals surface area contributed by atoms with Gasteiger partial charge in [-0.3, -0.25) is 9.69 Å². The van der Waals surface area contributed by atoms with Gasteiger partial charge in [0.1, 0.15) is 27.9 Å². The van der Waals surface area contributed by atoms with E-state index in [1.165, 1.54) is 39.8 Å². The lowest BCUT2D eigenvalue weighted by Crippen LogP contribution is -2.71. The number of anilines is 1. The Hall–Kier alpha value is -2.77. The van der Waals surface area contributed by atoms with Crippen LogP contribution in [0.1, 0.15) is 5.01 Å². The number of methoxy groups -OCH3 is 1. The molecule has 3 amide bonds. The van der Waals surface area contributed by atoms with Crippen LogP contribution in [-0.2, 0) is 9.59 Å². The SMILES string of the molecule is COc1ccc(NC(=O)NC2C(=O)N3C(C(=O)O)=C(CSc4nnc(C)s4)CS[C@@H]23)cc1. The number of carbonyl (C=O) groups is 3. The third-order valence-corrected chi connectivity index (χ3v) is 8.16. The van der Waals surface area contributed by atoms with Crippen molar-refractivity contribution < 1.29 is 24.2 Å². The largest absolute Gasteiger partial charge is 0.497 e. The Morgan fingerprint density at radius 2 is 2.06 bits per heavy atom. The van der Waals surface area contributed by atoms with Gasteiger partial charge in [0.05, 0.1) is 7.11 Å². The lowest BCUT2D eigenvalue weighted by Gasteiger charge is -2.49. The monoisotopic (exact) mass is 493 g/mol. The van der Waals surface area contributed by atoms with Crippen molar-refractivity contribution in [3.05, 3.63) is 40.5 Å². The minimum absolute atomic E-state index is 0.0129. The molecule has 3 N–H and O–H groups in total. The van der Waals surface area contributed by atoms with Gasteiger partial charge in [-0.15, -0.1) is 22.0 Å². The number of hydrogen-bond acceptors (Lipinski definition) is 9. The first-order valence-electron chi connectivity index (χ1n) is 9.42. The number of carboxylic acids is 1. The van der Waals surface area contributed by atoms with Crippen molar-refractivity contribution in [2.45, 2.75) is 22.7 Å². The van der Waals surface area contributed by atoms with Crippen LogP contribution in [0.2, 0.25) is 0 Å². The fourth-order valence-corrected chi connectivity index (χ4v) is 6.56. The third-order valence-electron chi connectivity index (χ3n) is 4.76. The summed E-state index contributed by atoms with van der Waals surface area (Å²) in [5.74, 6) is -0.107. The summed E-state index contributed by atoms with van der Waals surface area (Å²) in [6.07, 6.45) is 0. The van der Waals surface area contributed by atoms with E-state index in [1.54, 1.807) is 31.4 Å². The van der Waals surface area contributed by atoms with Gasteiger partial charge in [0, 0.05) is 17.2 Å². The van der Waals surface area contributed by atoms with E-state index in [0.29, 0.717) is 28.5 Å². The standard InChI is InChI=1S/C19H19N5O5S3/c1-9-22-23-19(32-9)31-8-10-7-30-16-13(15(25)24(16)14(10)17(26)27)21-18(28)20-11-3-5-12(29-2)6-4-11/h3-6,13,16H,7-8H2,1-2H3,(H,26,27)(H2,20,21,28)/t13?,16-/m0/s1. The van der Waals surface area contributed by atoms with Crippen molar-refractivity contribution in [2.75, 3.05) is 23.9 Å². The Morgan fingerprint density at radius 1 is 1.31 bits per heavy atom. The number of hydrogen-bond donors (Lipinski definition) is 3. The fourth-order valence-electron chi connectivity index (χ4n) is 3.26. The van der Waals surface area contributed by atoms with Crippen molar-refractivity contribution >= 4 is 58.5 Å². The Balaban J connectivity index is 1.40. The van der Waals surface area contributed by atoms with Crippen molar-refractivity contribution in [1.82, 2.24) is 20.4 Å². The van der Waals surface area contributed by atoms with E-state index in [9.17, 15) is 19.5 Å². The molecule has 0 radical (unpaired) electrons. The maximum atomic E-state index is 12.7. The van der Waals surface area contributed by atoms with Crippen molar-refractivity contribution in [1.29, 1.82) is 0 Å². The van der Waals surface area contributed by atoms with E-state index in [0.717, 1.165) is 9.35 Å². The highest BCUT2D eigenvalue weighted by molar-refractivity contribution is 8.01. The van der Waals surface area contributed by atoms with Gasteiger partial charge in [-0.25, -0.2) is 9.59 Å². The summed E-state index contributed by atoms with van der Waals surface area (Å²) in [6.45, 7) is 1.85. The minimum Gasteiger partial charge on any atom is -0.497 e. The Kier molecular flexibility index (Phi) is 6.58. The van der Waals surface area contributed by atoms with E-state index in [1.807, 2.05) is 6.92 Å². The first-order valence-corrected chi connectivity index (χ1v) is 12.3. The number of nitrogens with one attached hydrogen (secondary N) is 2. The van der Waals surface area contributed by atoms with Crippen molar-refractivity contribution in [3.8, 4) is 5.75 Å². The predicted octanol–water partition coefficient (Wildman–Crippen LogP) is 2.39. The first kappa shape index (κ1) is 22.4. The number of thioether (sulfide) groups is 2. The Labute approximate surface area is 195 Å². The molecule has 2 aliphatic rings. The van der Waals surface area contributed by atoms with Crippen LogP contribution in [0, 0.1) is 6.92 Å². The molecule has 0 spiro atoms. The second kappa shape index (κ2) is 9.38. The second-order valence-electron chi connectivity index (χ2n) is 6.85. The molecule has 0 saturated carbocycles. The number of amides is 3. The molecule has 1 unspecified atom stereocenters. The van der Waals surface area contributed by atoms with Crippen LogP contribution >= 0.6 is 34.9 Å². The molecular formula is C19H19N5O5S3. The molecule has 3 heterocycles. The molecule has 32 heavy (non-hydrogen) atoms.